The highest BCUT2D eigenvalue weighted by molar-refractivity contribution is 5.36. The van der Waals surface area contributed by atoms with Crippen molar-refractivity contribution >= 4 is 0 Å². The Balaban J connectivity index is 2.90. The maximum atomic E-state index is 5.31. The standard InChI is InChI=1S/C11H18N2O/c1-12-8-10(13-2)9-6-4-5-7-11(9)14-3/h4-7,10,12-13H,8H2,1-3H3. The van der Waals surface area contributed by atoms with Gasteiger partial charge < -0.3 is 15.4 Å². The predicted octanol–water partition coefficient (Wildman–Crippen LogP) is 1.18. The zero-order valence-electron chi connectivity index (χ0n) is 9.00. The lowest BCUT2D eigenvalue weighted by atomic mass is 10.1. The first-order valence-corrected chi connectivity index (χ1v) is 4.78. The van der Waals surface area contributed by atoms with Gasteiger partial charge in [0.15, 0.2) is 0 Å². The van der Waals surface area contributed by atoms with Crippen LogP contribution in [0.5, 0.6) is 5.75 Å². The zero-order chi connectivity index (χ0) is 10.4. The van der Waals surface area contributed by atoms with E-state index in [9.17, 15) is 0 Å². The Labute approximate surface area is 85.5 Å². The molecule has 0 radical (unpaired) electrons. The molecule has 1 atom stereocenters. The third-order valence-electron chi connectivity index (χ3n) is 2.27. The molecule has 3 heteroatoms. The molecule has 14 heavy (non-hydrogen) atoms. The summed E-state index contributed by atoms with van der Waals surface area (Å²) < 4.78 is 5.31. The van der Waals surface area contributed by atoms with Crippen LogP contribution in [0.2, 0.25) is 0 Å². The number of para-hydroxylation sites is 1. The molecule has 0 aromatic heterocycles. The fraction of sp³-hybridized carbons (Fsp3) is 0.455. The summed E-state index contributed by atoms with van der Waals surface area (Å²) in [6.07, 6.45) is 0. The smallest absolute Gasteiger partial charge is 0.123 e. The Kier molecular flexibility index (Phi) is 4.43. The average Bonchev–Trinajstić information content (AvgIpc) is 2.26. The van der Waals surface area contributed by atoms with Crippen LogP contribution in [0, 0.1) is 0 Å². The number of ether oxygens (including phenoxy) is 1. The number of benzene rings is 1. The molecule has 1 aromatic rings. The second kappa shape index (κ2) is 5.62. The maximum Gasteiger partial charge on any atom is 0.123 e. The molecular formula is C11H18N2O. The van der Waals surface area contributed by atoms with Crippen LogP contribution in [0.15, 0.2) is 24.3 Å². The monoisotopic (exact) mass is 194 g/mol. The van der Waals surface area contributed by atoms with Gasteiger partial charge in [-0.25, -0.2) is 0 Å². The second-order valence-electron chi connectivity index (χ2n) is 3.14. The van der Waals surface area contributed by atoms with E-state index >= 15 is 0 Å². The van der Waals surface area contributed by atoms with Crippen molar-refractivity contribution in [2.45, 2.75) is 6.04 Å². The van der Waals surface area contributed by atoms with Crippen molar-refractivity contribution in [3.63, 3.8) is 0 Å². The topological polar surface area (TPSA) is 33.3 Å². The normalized spacial score (nSPS) is 12.5. The molecule has 0 heterocycles. The zero-order valence-corrected chi connectivity index (χ0v) is 9.00. The molecule has 0 bridgehead atoms. The number of hydrogen-bond acceptors (Lipinski definition) is 3. The van der Waals surface area contributed by atoms with E-state index < -0.39 is 0 Å². The number of nitrogens with one attached hydrogen (secondary N) is 2. The van der Waals surface area contributed by atoms with E-state index in [0.717, 1.165) is 12.3 Å². The van der Waals surface area contributed by atoms with Gasteiger partial charge in [-0.3, -0.25) is 0 Å². The molecule has 3 nitrogen and oxygen atoms in total. The molecule has 0 aliphatic rings. The van der Waals surface area contributed by atoms with Gasteiger partial charge >= 0.3 is 0 Å². The van der Waals surface area contributed by atoms with Crippen molar-refractivity contribution in [1.82, 2.24) is 10.6 Å². The lowest BCUT2D eigenvalue weighted by Crippen LogP contribution is -2.27. The second-order valence-corrected chi connectivity index (χ2v) is 3.14. The van der Waals surface area contributed by atoms with Gasteiger partial charge in [0.25, 0.3) is 0 Å². The highest BCUT2D eigenvalue weighted by Gasteiger charge is 2.12. The molecule has 0 spiro atoms. The number of likely N-dealkylation sites (N-methyl/N-ethyl adjacent to an activating group) is 2. The number of methoxy groups -OCH3 is 1. The van der Waals surface area contributed by atoms with Crippen molar-refractivity contribution in [1.29, 1.82) is 0 Å². The summed E-state index contributed by atoms with van der Waals surface area (Å²) in [4.78, 5) is 0. The van der Waals surface area contributed by atoms with Crippen LogP contribution >= 0.6 is 0 Å². The lowest BCUT2D eigenvalue weighted by Gasteiger charge is -2.18. The minimum absolute atomic E-state index is 0.288. The molecule has 78 valence electrons. The molecule has 0 saturated heterocycles. The highest BCUT2D eigenvalue weighted by atomic mass is 16.5. The first-order chi connectivity index (χ1) is 6.83. The molecule has 0 aliphatic carbocycles. The van der Waals surface area contributed by atoms with Crippen molar-refractivity contribution in [2.75, 3.05) is 27.7 Å². The minimum Gasteiger partial charge on any atom is -0.496 e. The third kappa shape index (κ3) is 2.47. The van der Waals surface area contributed by atoms with E-state index in [1.165, 1.54) is 5.56 Å². The average molecular weight is 194 g/mol. The number of rotatable bonds is 5. The van der Waals surface area contributed by atoms with E-state index in [0.29, 0.717) is 0 Å². The van der Waals surface area contributed by atoms with Gasteiger partial charge in [-0.15, -0.1) is 0 Å². The molecule has 0 fully saturated rings. The Morgan fingerprint density at radius 1 is 1.29 bits per heavy atom. The van der Waals surface area contributed by atoms with Crippen LogP contribution in [0.3, 0.4) is 0 Å². The van der Waals surface area contributed by atoms with Crippen LogP contribution in [0.25, 0.3) is 0 Å². The van der Waals surface area contributed by atoms with Gasteiger partial charge in [0.1, 0.15) is 5.75 Å². The lowest BCUT2D eigenvalue weighted by molar-refractivity contribution is 0.400. The van der Waals surface area contributed by atoms with Gasteiger partial charge in [-0.05, 0) is 20.2 Å². The van der Waals surface area contributed by atoms with Crippen LogP contribution in [-0.4, -0.2) is 27.7 Å². The summed E-state index contributed by atoms with van der Waals surface area (Å²) in [5.74, 6) is 0.933. The Hall–Kier alpha value is -1.06. The molecule has 0 amide bonds. The minimum atomic E-state index is 0.288. The quantitative estimate of drug-likeness (QED) is 0.738. The van der Waals surface area contributed by atoms with Gasteiger partial charge in [0.2, 0.25) is 0 Å². The van der Waals surface area contributed by atoms with Crippen LogP contribution < -0.4 is 15.4 Å². The van der Waals surface area contributed by atoms with Gasteiger partial charge in [0.05, 0.1) is 7.11 Å². The van der Waals surface area contributed by atoms with Crippen LogP contribution in [0.1, 0.15) is 11.6 Å². The maximum absolute atomic E-state index is 5.31. The summed E-state index contributed by atoms with van der Waals surface area (Å²) in [6.45, 7) is 0.886. The Morgan fingerprint density at radius 3 is 2.57 bits per heavy atom. The van der Waals surface area contributed by atoms with E-state index in [4.69, 9.17) is 4.74 Å². The van der Waals surface area contributed by atoms with E-state index in [-0.39, 0.29) is 6.04 Å². The molecule has 2 N–H and O–H groups in total. The molecule has 1 aromatic carbocycles. The van der Waals surface area contributed by atoms with E-state index in [1.807, 2.05) is 32.3 Å². The molecular weight excluding hydrogens is 176 g/mol. The summed E-state index contributed by atoms with van der Waals surface area (Å²) >= 11 is 0. The van der Waals surface area contributed by atoms with Gasteiger partial charge in [0, 0.05) is 18.2 Å². The van der Waals surface area contributed by atoms with Crippen molar-refractivity contribution in [3.8, 4) is 5.75 Å². The first kappa shape index (κ1) is 11.0. The summed E-state index contributed by atoms with van der Waals surface area (Å²) in [5.41, 5.74) is 1.19. The SMILES string of the molecule is CNCC(NC)c1ccccc1OC. The largest absolute Gasteiger partial charge is 0.496 e. The summed E-state index contributed by atoms with van der Waals surface area (Å²) in [6, 6.07) is 8.36. The third-order valence-corrected chi connectivity index (χ3v) is 2.27. The first-order valence-electron chi connectivity index (χ1n) is 4.78. The summed E-state index contributed by atoms with van der Waals surface area (Å²) in [7, 11) is 5.60. The fourth-order valence-electron chi connectivity index (χ4n) is 1.53. The van der Waals surface area contributed by atoms with Crippen LogP contribution in [-0.2, 0) is 0 Å². The molecule has 0 saturated carbocycles. The highest BCUT2D eigenvalue weighted by Crippen LogP contribution is 2.23. The molecule has 0 aliphatic heterocycles. The Morgan fingerprint density at radius 2 is 2.00 bits per heavy atom. The fourth-order valence-corrected chi connectivity index (χ4v) is 1.53. The van der Waals surface area contributed by atoms with Gasteiger partial charge in [-0.2, -0.15) is 0 Å². The summed E-state index contributed by atoms with van der Waals surface area (Å²) in [5, 5.41) is 6.40. The van der Waals surface area contributed by atoms with Gasteiger partial charge in [-0.1, -0.05) is 18.2 Å². The van der Waals surface area contributed by atoms with E-state index in [2.05, 4.69) is 16.7 Å². The Bertz CT molecular complexity index is 276. The van der Waals surface area contributed by atoms with Crippen molar-refractivity contribution in [2.24, 2.45) is 0 Å². The van der Waals surface area contributed by atoms with Crippen molar-refractivity contribution < 1.29 is 4.74 Å². The van der Waals surface area contributed by atoms with Crippen LogP contribution in [0.4, 0.5) is 0 Å². The predicted molar refractivity (Wildman–Crippen MR) is 58.7 cm³/mol. The molecule has 1 unspecified atom stereocenters. The van der Waals surface area contributed by atoms with E-state index in [1.54, 1.807) is 7.11 Å². The van der Waals surface area contributed by atoms with Crippen molar-refractivity contribution in [3.05, 3.63) is 29.8 Å². The molecule has 1 rings (SSSR count). The number of hydrogen-bond donors (Lipinski definition) is 2.